The predicted molar refractivity (Wildman–Crippen MR) is 250 cm³/mol. The summed E-state index contributed by atoms with van der Waals surface area (Å²) in [5, 5.41) is 27.6. The molecule has 3 N–H and O–H groups in total. The Morgan fingerprint density at radius 3 is 2.36 bits per heavy atom. The second-order valence-corrected chi connectivity index (χ2v) is 18.1. The number of hydrogen-bond donors (Lipinski definition) is 3. The van der Waals surface area contributed by atoms with E-state index >= 15 is 4.39 Å². The average Bonchev–Trinajstić information content (AvgIpc) is 4.01. The van der Waals surface area contributed by atoms with Crippen LogP contribution in [0.25, 0.3) is 39.2 Å². The first kappa shape index (κ1) is 44.7. The lowest BCUT2D eigenvalue weighted by molar-refractivity contribution is -0.134. The maximum Gasteiger partial charge on any atom is 0.249 e. The Bertz CT molecular complexity index is 2870. The van der Waals surface area contributed by atoms with Gasteiger partial charge in [0.2, 0.25) is 23.6 Å². The van der Waals surface area contributed by atoms with Crippen LogP contribution in [-0.2, 0) is 25.6 Å². The smallest absolute Gasteiger partial charge is 0.249 e. The van der Waals surface area contributed by atoms with Gasteiger partial charge in [-0.3, -0.25) is 29.2 Å². The molecule has 1 atom stereocenters. The van der Waals surface area contributed by atoms with Crippen LogP contribution in [0.5, 0.6) is 0 Å². The molecule has 4 aromatic heterocycles. The summed E-state index contributed by atoms with van der Waals surface area (Å²) in [4.78, 5) is 64.2. The summed E-state index contributed by atoms with van der Waals surface area (Å²) in [6.07, 6.45) is 13.4. The Hall–Kier alpha value is -7.48. The molecule has 0 spiro atoms. The third-order valence-electron chi connectivity index (χ3n) is 13.5. The Kier molecular flexibility index (Phi) is 12.5. The molecule has 0 aliphatic carbocycles. The summed E-state index contributed by atoms with van der Waals surface area (Å²) in [5.74, 6) is -0.216. The Labute approximate surface area is 387 Å². The van der Waals surface area contributed by atoms with Gasteiger partial charge in [0.15, 0.2) is 0 Å². The number of anilines is 2. The summed E-state index contributed by atoms with van der Waals surface area (Å²) >= 11 is 0. The van der Waals surface area contributed by atoms with E-state index in [2.05, 4.69) is 38.9 Å². The predicted octanol–water partition coefficient (Wildman–Crippen LogP) is 6.48. The van der Waals surface area contributed by atoms with Crippen LogP contribution < -0.4 is 20.9 Å². The average molecular weight is 905 g/mol. The standard InChI is InChI=1S/C50H53FN12O4/c1-4-50(49(67)56-31(2)3)17-21-60(22-18-50)43-13-9-34(26-53-43)46-47-35(25-52)27-55-63(47)30-42(58-46)36-28-54-62(29-36)38-15-19-61(20-16-38)45(65)23-32-5-7-33(8-6-32)39-11-10-37(24-40(39)51)57-41-12-14-44(64)59-48(41)66/h5-11,13,24,26-31,38,41,57H,4,12,14-23H2,1-3H3,(H,56,67)(H,59,64,66). The second-order valence-electron chi connectivity index (χ2n) is 18.1. The normalized spacial score (nSPS) is 17.6. The molecular formula is C50H53FN12O4. The van der Waals surface area contributed by atoms with E-state index in [-0.39, 0.29) is 48.1 Å². The van der Waals surface area contributed by atoms with E-state index < -0.39 is 17.8 Å². The maximum absolute atomic E-state index is 15.2. The van der Waals surface area contributed by atoms with E-state index in [4.69, 9.17) is 15.1 Å². The van der Waals surface area contributed by atoms with Crippen molar-refractivity contribution in [3.8, 4) is 39.7 Å². The number of pyridine rings is 1. The van der Waals surface area contributed by atoms with Crippen molar-refractivity contribution in [1.29, 1.82) is 5.26 Å². The van der Waals surface area contributed by atoms with E-state index in [1.165, 1.54) is 12.3 Å². The van der Waals surface area contributed by atoms with Gasteiger partial charge in [0.25, 0.3) is 0 Å². The zero-order chi connectivity index (χ0) is 46.8. The summed E-state index contributed by atoms with van der Waals surface area (Å²) in [6, 6.07) is 17.7. The van der Waals surface area contributed by atoms with Gasteiger partial charge in [0, 0.05) is 73.4 Å². The van der Waals surface area contributed by atoms with E-state index in [0.29, 0.717) is 58.8 Å². The largest absolute Gasteiger partial charge is 0.374 e. The first-order valence-electron chi connectivity index (χ1n) is 23.0. The van der Waals surface area contributed by atoms with Crippen LogP contribution >= 0.6 is 0 Å². The number of halogens is 1. The number of benzene rings is 2. The molecule has 7 heterocycles. The number of piperidine rings is 3. The van der Waals surface area contributed by atoms with Crippen molar-refractivity contribution < 1.29 is 23.6 Å². The molecule has 9 rings (SSSR count). The number of nitrogens with zero attached hydrogens (tertiary/aromatic N) is 9. The van der Waals surface area contributed by atoms with Gasteiger partial charge >= 0.3 is 0 Å². The minimum absolute atomic E-state index is 0.0199. The Morgan fingerprint density at radius 2 is 1.69 bits per heavy atom. The fraction of sp³-hybridized carbons (Fsp3) is 0.380. The third-order valence-corrected chi connectivity index (χ3v) is 13.5. The minimum atomic E-state index is -0.608. The SMILES string of the molecule is CCC1(C(=O)NC(C)C)CCN(c2ccc(-c3nc(-c4cnn(C5CCN(C(=O)Cc6ccc(-c7ccc(NC8CCC(=O)NC8=O)cc7F)cc6)CC5)c4)cn4ncc(C#N)c34)cn2)CC1. The van der Waals surface area contributed by atoms with Crippen LogP contribution in [-0.4, -0.2) is 96.2 Å². The molecule has 344 valence electrons. The number of nitrogens with one attached hydrogen (secondary N) is 3. The minimum Gasteiger partial charge on any atom is -0.374 e. The number of amides is 4. The molecule has 1 unspecified atom stereocenters. The molecule has 17 heteroatoms. The molecule has 0 saturated carbocycles. The molecule has 3 aliphatic rings. The van der Waals surface area contributed by atoms with E-state index in [9.17, 15) is 24.4 Å². The number of hydrogen-bond acceptors (Lipinski definition) is 11. The molecular weight excluding hydrogens is 852 g/mol. The van der Waals surface area contributed by atoms with Gasteiger partial charge in [0.05, 0.1) is 47.9 Å². The first-order valence-corrected chi connectivity index (χ1v) is 23.0. The lowest BCUT2D eigenvalue weighted by Gasteiger charge is -2.41. The van der Waals surface area contributed by atoms with Crippen LogP contribution in [0.2, 0.25) is 0 Å². The zero-order valence-corrected chi connectivity index (χ0v) is 37.8. The van der Waals surface area contributed by atoms with Crippen LogP contribution in [0.4, 0.5) is 15.9 Å². The number of carbonyl (C=O) groups is 4. The number of imide groups is 1. The van der Waals surface area contributed by atoms with Gasteiger partial charge in [-0.25, -0.2) is 18.9 Å². The lowest BCUT2D eigenvalue weighted by atomic mass is 9.75. The molecule has 67 heavy (non-hydrogen) atoms. The van der Waals surface area contributed by atoms with E-state index in [1.54, 1.807) is 47.4 Å². The van der Waals surface area contributed by atoms with E-state index in [1.807, 2.05) is 53.9 Å². The lowest BCUT2D eigenvalue weighted by Crippen LogP contribution is -2.50. The van der Waals surface area contributed by atoms with Crippen LogP contribution in [0.15, 0.2) is 85.6 Å². The first-order chi connectivity index (χ1) is 32.4. The summed E-state index contributed by atoms with van der Waals surface area (Å²) in [6.45, 7) is 8.66. The van der Waals surface area contributed by atoms with Gasteiger partial charge in [-0.15, -0.1) is 0 Å². The zero-order valence-electron chi connectivity index (χ0n) is 37.8. The van der Waals surface area contributed by atoms with Crippen LogP contribution in [0.1, 0.15) is 82.9 Å². The molecule has 0 bridgehead atoms. The van der Waals surface area contributed by atoms with Crippen molar-refractivity contribution in [3.05, 3.63) is 103 Å². The number of rotatable bonds is 12. The molecule has 3 fully saturated rings. The van der Waals surface area contributed by atoms with Crippen molar-refractivity contribution >= 4 is 40.7 Å². The summed E-state index contributed by atoms with van der Waals surface area (Å²) in [7, 11) is 0. The van der Waals surface area contributed by atoms with Crippen LogP contribution in [0.3, 0.4) is 0 Å². The van der Waals surface area contributed by atoms with E-state index in [0.717, 1.165) is 67.7 Å². The number of likely N-dealkylation sites (tertiary alicyclic amines) is 1. The Morgan fingerprint density at radius 1 is 0.925 bits per heavy atom. The molecule has 0 radical (unpaired) electrons. The monoisotopic (exact) mass is 904 g/mol. The number of aromatic nitrogens is 6. The number of carbonyl (C=O) groups excluding carboxylic acids is 4. The van der Waals surface area contributed by atoms with Crippen molar-refractivity contribution in [1.82, 2.24) is 44.9 Å². The Balaban J connectivity index is 0.817. The van der Waals surface area contributed by atoms with Gasteiger partial charge in [-0.1, -0.05) is 31.2 Å². The number of nitriles is 1. The van der Waals surface area contributed by atoms with Crippen molar-refractivity contribution in [2.75, 3.05) is 36.4 Å². The van der Waals surface area contributed by atoms with Crippen LogP contribution in [0, 0.1) is 22.6 Å². The molecule has 3 aliphatic heterocycles. The highest BCUT2D eigenvalue weighted by molar-refractivity contribution is 6.01. The molecule has 2 aromatic carbocycles. The molecule has 4 amide bonds. The molecule has 6 aromatic rings. The van der Waals surface area contributed by atoms with Gasteiger partial charge < -0.3 is 20.4 Å². The second kappa shape index (κ2) is 18.8. The van der Waals surface area contributed by atoms with Crippen molar-refractivity contribution in [3.63, 3.8) is 0 Å². The van der Waals surface area contributed by atoms with Crippen molar-refractivity contribution in [2.45, 2.75) is 90.3 Å². The fourth-order valence-electron chi connectivity index (χ4n) is 9.48. The van der Waals surface area contributed by atoms with Gasteiger partial charge in [0.1, 0.15) is 34.8 Å². The quantitative estimate of drug-likeness (QED) is 0.114. The molecule has 16 nitrogen and oxygen atoms in total. The highest BCUT2D eigenvalue weighted by atomic mass is 19.1. The molecule has 3 saturated heterocycles. The summed E-state index contributed by atoms with van der Waals surface area (Å²) in [5.41, 5.74) is 5.70. The third kappa shape index (κ3) is 9.33. The highest BCUT2D eigenvalue weighted by Crippen LogP contribution is 2.37. The van der Waals surface area contributed by atoms with Gasteiger partial charge in [-0.05, 0) is 93.8 Å². The maximum atomic E-state index is 15.2. The fourth-order valence-corrected chi connectivity index (χ4v) is 9.48. The summed E-state index contributed by atoms with van der Waals surface area (Å²) < 4.78 is 18.8. The number of fused-ring (bicyclic) bond motifs is 1. The topological polar surface area (TPSA) is 196 Å². The van der Waals surface area contributed by atoms with Crippen molar-refractivity contribution in [2.24, 2.45) is 5.41 Å². The highest BCUT2D eigenvalue weighted by Gasteiger charge is 2.40. The van der Waals surface area contributed by atoms with Gasteiger partial charge in [-0.2, -0.15) is 15.5 Å².